The van der Waals surface area contributed by atoms with Crippen molar-refractivity contribution in [2.75, 3.05) is 38.9 Å². The van der Waals surface area contributed by atoms with E-state index in [1.54, 1.807) is 7.11 Å². The molecule has 1 aromatic rings. The Balaban J connectivity index is 1.85. The standard InChI is InChI=1S/C10H18N2O2/c1-13-9-10-14-8-4-5-11-12-6-2-3-7-12/h2-3,6-7,11H,4-5,8-10H2,1H3. The summed E-state index contributed by atoms with van der Waals surface area (Å²) in [7, 11) is 1.68. The minimum absolute atomic E-state index is 0.672. The second-order valence-corrected chi connectivity index (χ2v) is 2.96. The van der Waals surface area contributed by atoms with Crippen molar-refractivity contribution >= 4 is 0 Å². The van der Waals surface area contributed by atoms with Crippen LogP contribution in [0.3, 0.4) is 0 Å². The zero-order valence-electron chi connectivity index (χ0n) is 8.61. The van der Waals surface area contributed by atoms with Gasteiger partial charge in [0.15, 0.2) is 0 Å². The Morgan fingerprint density at radius 1 is 1.14 bits per heavy atom. The molecule has 0 aliphatic heterocycles. The fraction of sp³-hybridized carbons (Fsp3) is 0.600. The number of hydrogen-bond acceptors (Lipinski definition) is 3. The van der Waals surface area contributed by atoms with Gasteiger partial charge in [0.25, 0.3) is 0 Å². The molecule has 0 saturated heterocycles. The van der Waals surface area contributed by atoms with Gasteiger partial charge < -0.3 is 14.9 Å². The molecule has 0 amide bonds. The minimum atomic E-state index is 0.672. The van der Waals surface area contributed by atoms with Crippen LogP contribution in [0.25, 0.3) is 0 Å². The first-order valence-corrected chi connectivity index (χ1v) is 4.87. The molecule has 14 heavy (non-hydrogen) atoms. The lowest BCUT2D eigenvalue weighted by Gasteiger charge is -2.07. The van der Waals surface area contributed by atoms with Gasteiger partial charge in [0.05, 0.1) is 13.2 Å². The summed E-state index contributed by atoms with van der Waals surface area (Å²) in [5, 5.41) is 0. The third-order valence-electron chi connectivity index (χ3n) is 1.80. The molecule has 0 fully saturated rings. The maximum Gasteiger partial charge on any atom is 0.0700 e. The van der Waals surface area contributed by atoms with Crippen LogP contribution in [-0.4, -0.2) is 38.2 Å². The van der Waals surface area contributed by atoms with Crippen LogP contribution in [0, 0.1) is 0 Å². The quantitative estimate of drug-likeness (QED) is 0.635. The second kappa shape index (κ2) is 7.41. The Labute approximate surface area is 84.8 Å². The molecule has 4 heteroatoms. The number of aromatic nitrogens is 1. The summed E-state index contributed by atoms with van der Waals surface area (Å²) in [6, 6.07) is 3.98. The number of nitrogens with zero attached hydrogens (tertiary/aromatic N) is 1. The van der Waals surface area contributed by atoms with E-state index in [1.165, 1.54) is 0 Å². The number of rotatable bonds is 8. The van der Waals surface area contributed by atoms with Crippen LogP contribution in [0.5, 0.6) is 0 Å². The fourth-order valence-electron chi connectivity index (χ4n) is 1.07. The molecular formula is C10H18N2O2. The van der Waals surface area contributed by atoms with Gasteiger partial charge in [-0.2, -0.15) is 0 Å². The molecule has 0 spiro atoms. The Kier molecular flexibility index (Phi) is 5.86. The lowest BCUT2D eigenvalue weighted by Crippen LogP contribution is -2.15. The van der Waals surface area contributed by atoms with Crippen LogP contribution in [-0.2, 0) is 9.47 Å². The first kappa shape index (κ1) is 11.1. The van der Waals surface area contributed by atoms with Gasteiger partial charge in [-0.1, -0.05) is 0 Å². The van der Waals surface area contributed by atoms with Gasteiger partial charge in [-0.15, -0.1) is 0 Å². The van der Waals surface area contributed by atoms with E-state index >= 15 is 0 Å². The third kappa shape index (κ3) is 4.89. The molecule has 0 aromatic carbocycles. The highest BCUT2D eigenvalue weighted by atomic mass is 16.5. The van der Waals surface area contributed by atoms with E-state index in [9.17, 15) is 0 Å². The van der Waals surface area contributed by atoms with E-state index < -0.39 is 0 Å². The van der Waals surface area contributed by atoms with Crippen LogP contribution < -0.4 is 5.43 Å². The van der Waals surface area contributed by atoms with Crippen molar-refractivity contribution in [3.63, 3.8) is 0 Å². The smallest absolute Gasteiger partial charge is 0.0700 e. The van der Waals surface area contributed by atoms with Crippen molar-refractivity contribution in [2.45, 2.75) is 6.42 Å². The van der Waals surface area contributed by atoms with E-state index in [1.807, 2.05) is 29.2 Å². The van der Waals surface area contributed by atoms with Crippen molar-refractivity contribution in [1.29, 1.82) is 0 Å². The van der Waals surface area contributed by atoms with Crippen LogP contribution in [0.2, 0.25) is 0 Å². The maximum absolute atomic E-state index is 5.32. The topological polar surface area (TPSA) is 35.4 Å². The number of ether oxygens (including phenoxy) is 2. The summed E-state index contributed by atoms with van der Waals surface area (Å²) in [5.41, 5.74) is 3.22. The molecule has 0 aliphatic rings. The molecule has 0 aliphatic carbocycles. The van der Waals surface area contributed by atoms with Gasteiger partial charge in [0, 0.05) is 32.7 Å². The molecule has 1 heterocycles. The highest BCUT2D eigenvalue weighted by Gasteiger charge is 1.89. The molecule has 0 bridgehead atoms. The molecule has 4 nitrogen and oxygen atoms in total. The van der Waals surface area contributed by atoms with Crippen LogP contribution >= 0.6 is 0 Å². The zero-order chi connectivity index (χ0) is 10.1. The van der Waals surface area contributed by atoms with E-state index in [-0.39, 0.29) is 0 Å². The number of hydrogen-bond donors (Lipinski definition) is 1. The van der Waals surface area contributed by atoms with Crippen molar-refractivity contribution < 1.29 is 9.47 Å². The first-order chi connectivity index (χ1) is 6.93. The molecule has 0 saturated carbocycles. The predicted molar refractivity (Wildman–Crippen MR) is 56.0 cm³/mol. The lowest BCUT2D eigenvalue weighted by atomic mass is 10.5. The fourth-order valence-corrected chi connectivity index (χ4v) is 1.07. The minimum Gasteiger partial charge on any atom is -0.382 e. The molecule has 0 unspecified atom stereocenters. The Morgan fingerprint density at radius 3 is 2.64 bits per heavy atom. The Hall–Kier alpha value is -1.00. The Morgan fingerprint density at radius 2 is 1.93 bits per heavy atom. The van der Waals surface area contributed by atoms with Crippen LogP contribution in [0.4, 0.5) is 0 Å². The maximum atomic E-state index is 5.32. The molecule has 0 atom stereocenters. The third-order valence-corrected chi connectivity index (χ3v) is 1.80. The van der Waals surface area contributed by atoms with E-state index in [0.717, 1.165) is 19.6 Å². The summed E-state index contributed by atoms with van der Waals surface area (Å²) < 4.78 is 12.1. The average Bonchev–Trinajstić information content (AvgIpc) is 2.69. The zero-order valence-corrected chi connectivity index (χ0v) is 8.61. The van der Waals surface area contributed by atoms with Gasteiger partial charge in [0.1, 0.15) is 0 Å². The molecular weight excluding hydrogens is 180 g/mol. The lowest BCUT2D eigenvalue weighted by molar-refractivity contribution is 0.0703. The Bertz CT molecular complexity index is 212. The molecule has 1 N–H and O–H groups in total. The highest BCUT2D eigenvalue weighted by molar-refractivity contribution is 4.92. The van der Waals surface area contributed by atoms with E-state index in [4.69, 9.17) is 9.47 Å². The van der Waals surface area contributed by atoms with Crippen molar-refractivity contribution in [1.82, 2.24) is 4.68 Å². The van der Waals surface area contributed by atoms with Crippen molar-refractivity contribution in [3.05, 3.63) is 24.5 Å². The van der Waals surface area contributed by atoms with E-state index in [0.29, 0.717) is 13.2 Å². The SMILES string of the molecule is COCCOCCCNn1cccc1. The monoisotopic (exact) mass is 198 g/mol. The summed E-state index contributed by atoms with van der Waals surface area (Å²) in [6.07, 6.45) is 4.96. The normalized spacial score (nSPS) is 10.4. The number of nitrogens with one attached hydrogen (secondary N) is 1. The molecule has 80 valence electrons. The van der Waals surface area contributed by atoms with Gasteiger partial charge >= 0.3 is 0 Å². The number of methoxy groups -OCH3 is 1. The van der Waals surface area contributed by atoms with Crippen LogP contribution in [0.1, 0.15) is 6.42 Å². The first-order valence-electron chi connectivity index (χ1n) is 4.87. The summed E-state index contributed by atoms with van der Waals surface area (Å²) >= 11 is 0. The average molecular weight is 198 g/mol. The van der Waals surface area contributed by atoms with Gasteiger partial charge in [-0.3, -0.25) is 4.68 Å². The highest BCUT2D eigenvalue weighted by Crippen LogP contribution is 1.87. The molecule has 0 radical (unpaired) electrons. The summed E-state index contributed by atoms with van der Waals surface area (Å²) in [6.45, 7) is 3.05. The van der Waals surface area contributed by atoms with E-state index in [2.05, 4.69) is 5.43 Å². The predicted octanol–water partition coefficient (Wildman–Crippen LogP) is 1.08. The van der Waals surface area contributed by atoms with Crippen molar-refractivity contribution in [3.8, 4) is 0 Å². The van der Waals surface area contributed by atoms with Crippen molar-refractivity contribution in [2.24, 2.45) is 0 Å². The second-order valence-electron chi connectivity index (χ2n) is 2.96. The molecule has 1 rings (SSSR count). The van der Waals surface area contributed by atoms with Gasteiger partial charge in [-0.05, 0) is 18.6 Å². The largest absolute Gasteiger partial charge is 0.382 e. The molecule has 1 aromatic heterocycles. The van der Waals surface area contributed by atoms with Gasteiger partial charge in [-0.25, -0.2) is 0 Å². The van der Waals surface area contributed by atoms with Crippen LogP contribution in [0.15, 0.2) is 24.5 Å². The summed E-state index contributed by atoms with van der Waals surface area (Å²) in [5.74, 6) is 0. The van der Waals surface area contributed by atoms with Gasteiger partial charge in [0.2, 0.25) is 0 Å². The summed E-state index contributed by atoms with van der Waals surface area (Å²) in [4.78, 5) is 0.